The molecule has 5 nitrogen and oxygen atoms in total. The van der Waals surface area contributed by atoms with Gasteiger partial charge in [0.2, 0.25) is 10.0 Å². The lowest BCUT2D eigenvalue weighted by molar-refractivity contribution is 0.196. The van der Waals surface area contributed by atoms with Crippen molar-refractivity contribution in [2.75, 3.05) is 39.3 Å². The molecule has 21 heavy (non-hydrogen) atoms. The summed E-state index contributed by atoms with van der Waals surface area (Å²) in [6, 6.07) is 5.65. The molecule has 3 rings (SSSR count). The van der Waals surface area contributed by atoms with Crippen LogP contribution in [-0.4, -0.2) is 56.9 Å². The highest BCUT2D eigenvalue weighted by Crippen LogP contribution is 2.26. The molecule has 0 unspecified atom stereocenters. The van der Waals surface area contributed by atoms with Gasteiger partial charge in [-0.3, -0.25) is 0 Å². The largest absolute Gasteiger partial charge is 0.312 e. The summed E-state index contributed by atoms with van der Waals surface area (Å²) in [6.07, 6.45) is 0.791. The van der Waals surface area contributed by atoms with Crippen molar-refractivity contribution in [3.63, 3.8) is 0 Å². The van der Waals surface area contributed by atoms with Crippen LogP contribution in [0.2, 0.25) is 0 Å². The van der Waals surface area contributed by atoms with Crippen molar-refractivity contribution in [2.45, 2.75) is 24.8 Å². The smallest absolute Gasteiger partial charge is 0.243 e. The van der Waals surface area contributed by atoms with Crippen LogP contribution in [-0.2, 0) is 23.0 Å². The maximum atomic E-state index is 12.9. The number of fused-ring (bicyclic) bond motifs is 1. The summed E-state index contributed by atoms with van der Waals surface area (Å²) < 4.78 is 27.5. The van der Waals surface area contributed by atoms with Crippen molar-refractivity contribution in [3.8, 4) is 0 Å². The first kappa shape index (κ1) is 15.0. The van der Waals surface area contributed by atoms with Gasteiger partial charge in [-0.2, -0.15) is 4.31 Å². The van der Waals surface area contributed by atoms with Crippen LogP contribution >= 0.6 is 0 Å². The van der Waals surface area contributed by atoms with E-state index in [9.17, 15) is 8.42 Å². The summed E-state index contributed by atoms with van der Waals surface area (Å²) in [5.74, 6) is 0. The van der Waals surface area contributed by atoms with Gasteiger partial charge in [-0.15, -0.1) is 0 Å². The zero-order chi connectivity index (χ0) is 14.9. The Kier molecular flexibility index (Phi) is 4.31. The van der Waals surface area contributed by atoms with E-state index in [1.165, 1.54) is 0 Å². The van der Waals surface area contributed by atoms with E-state index >= 15 is 0 Å². The number of hydrogen-bond donors (Lipinski definition) is 1. The standard InChI is InChI=1S/C15H23N3O2S/c1-2-17-8-10-18(11-9-17)21(19,20)15-5-3-4-13-12-16-7-6-14(13)15/h3-5,16H,2,6-12H2,1H3. The molecule has 1 fully saturated rings. The molecule has 1 aromatic carbocycles. The third kappa shape index (κ3) is 2.85. The number of sulfonamides is 1. The minimum absolute atomic E-state index is 0.520. The molecule has 1 N–H and O–H groups in total. The van der Waals surface area contributed by atoms with Crippen molar-refractivity contribution >= 4 is 10.0 Å². The van der Waals surface area contributed by atoms with E-state index in [4.69, 9.17) is 0 Å². The Bertz CT molecular complexity index is 607. The number of likely N-dealkylation sites (N-methyl/N-ethyl adjacent to an activating group) is 1. The highest BCUT2D eigenvalue weighted by Gasteiger charge is 2.30. The molecule has 2 aliphatic rings. The fourth-order valence-electron chi connectivity index (χ4n) is 3.16. The lowest BCUT2D eigenvalue weighted by atomic mass is 10.0. The van der Waals surface area contributed by atoms with Crippen LogP contribution in [0.15, 0.2) is 23.1 Å². The van der Waals surface area contributed by atoms with Crippen molar-refractivity contribution in [2.24, 2.45) is 0 Å². The molecule has 0 amide bonds. The molecule has 116 valence electrons. The predicted molar refractivity (Wildman–Crippen MR) is 82.7 cm³/mol. The Hall–Kier alpha value is -0.950. The average Bonchev–Trinajstić information content (AvgIpc) is 2.54. The number of piperazine rings is 1. The van der Waals surface area contributed by atoms with Gasteiger partial charge in [-0.25, -0.2) is 8.42 Å². The summed E-state index contributed by atoms with van der Waals surface area (Å²) in [7, 11) is -3.36. The number of nitrogens with one attached hydrogen (secondary N) is 1. The topological polar surface area (TPSA) is 52.7 Å². The Balaban J connectivity index is 1.89. The third-order valence-corrected chi connectivity index (χ3v) is 6.48. The highest BCUT2D eigenvalue weighted by atomic mass is 32.2. The van der Waals surface area contributed by atoms with Crippen LogP contribution in [0.1, 0.15) is 18.1 Å². The average molecular weight is 309 g/mol. The SMILES string of the molecule is CCN1CCN(S(=O)(=O)c2cccc3c2CCNC3)CC1. The monoisotopic (exact) mass is 309 g/mol. The fourth-order valence-corrected chi connectivity index (χ4v) is 4.88. The van der Waals surface area contributed by atoms with Crippen LogP contribution in [0.3, 0.4) is 0 Å². The second-order valence-corrected chi connectivity index (χ2v) is 7.57. The number of benzene rings is 1. The number of rotatable bonds is 3. The lowest BCUT2D eigenvalue weighted by Crippen LogP contribution is -2.48. The number of nitrogens with zero attached hydrogens (tertiary/aromatic N) is 2. The summed E-state index contributed by atoms with van der Waals surface area (Å²) in [4.78, 5) is 2.81. The van der Waals surface area contributed by atoms with Gasteiger partial charge in [-0.1, -0.05) is 19.1 Å². The molecule has 0 spiro atoms. The fraction of sp³-hybridized carbons (Fsp3) is 0.600. The van der Waals surface area contributed by atoms with E-state index in [-0.39, 0.29) is 0 Å². The van der Waals surface area contributed by atoms with E-state index < -0.39 is 10.0 Å². The van der Waals surface area contributed by atoms with Gasteiger partial charge in [0.1, 0.15) is 0 Å². The zero-order valence-corrected chi connectivity index (χ0v) is 13.3. The van der Waals surface area contributed by atoms with Gasteiger partial charge < -0.3 is 10.2 Å². The molecule has 0 atom stereocenters. The van der Waals surface area contributed by atoms with Crippen molar-refractivity contribution < 1.29 is 8.42 Å². The van der Waals surface area contributed by atoms with E-state index in [0.717, 1.165) is 50.3 Å². The molecule has 0 aliphatic carbocycles. The summed E-state index contributed by atoms with van der Waals surface area (Å²) in [6.45, 7) is 7.56. The maximum absolute atomic E-state index is 12.9. The van der Waals surface area contributed by atoms with Crippen LogP contribution in [0.4, 0.5) is 0 Å². The first-order valence-electron chi connectivity index (χ1n) is 7.67. The van der Waals surface area contributed by atoms with Gasteiger partial charge in [0.15, 0.2) is 0 Å². The normalized spacial score (nSPS) is 21.2. The van der Waals surface area contributed by atoms with Crippen LogP contribution in [0.25, 0.3) is 0 Å². The maximum Gasteiger partial charge on any atom is 0.243 e. The Labute approximate surface area is 127 Å². The van der Waals surface area contributed by atoms with Crippen molar-refractivity contribution in [3.05, 3.63) is 29.3 Å². The molecule has 0 radical (unpaired) electrons. The Morgan fingerprint density at radius 2 is 1.95 bits per heavy atom. The molecule has 0 bridgehead atoms. The summed E-state index contributed by atoms with van der Waals surface area (Å²) >= 11 is 0. The molecule has 2 aliphatic heterocycles. The molecule has 2 heterocycles. The molecule has 1 saturated heterocycles. The highest BCUT2D eigenvalue weighted by molar-refractivity contribution is 7.89. The van der Waals surface area contributed by atoms with Crippen LogP contribution in [0.5, 0.6) is 0 Å². The summed E-state index contributed by atoms with van der Waals surface area (Å²) in [5, 5.41) is 3.30. The molecular weight excluding hydrogens is 286 g/mol. The van der Waals surface area contributed by atoms with Crippen LogP contribution < -0.4 is 5.32 Å². The minimum atomic E-state index is -3.36. The second-order valence-electron chi connectivity index (χ2n) is 5.66. The Morgan fingerprint density at radius 3 is 2.67 bits per heavy atom. The van der Waals surface area contributed by atoms with E-state index in [0.29, 0.717) is 18.0 Å². The van der Waals surface area contributed by atoms with Gasteiger partial charge in [-0.05, 0) is 36.7 Å². The quantitative estimate of drug-likeness (QED) is 0.891. The molecule has 0 saturated carbocycles. The summed E-state index contributed by atoms with van der Waals surface area (Å²) in [5.41, 5.74) is 2.13. The minimum Gasteiger partial charge on any atom is -0.312 e. The van der Waals surface area contributed by atoms with Crippen LogP contribution in [0, 0.1) is 0 Å². The molecule has 0 aromatic heterocycles. The number of hydrogen-bond acceptors (Lipinski definition) is 4. The van der Waals surface area contributed by atoms with Gasteiger partial charge in [0, 0.05) is 32.7 Å². The first-order valence-corrected chi connectivity index (χ1v) is 9.11. The van der Waals surface area contributed by atoms with E-state index in [1.54, 1.807) is 10.4 Å². The van der Waals surface area contributed by atoms with E-state index in [1.807, 2.05) is 12.1 Å². The predicted octanol–water partition coefficient (Wildman–Crippen LogP) is 0.659. The van der Waals surface area contributed by atoms with Crippen molar-refractivity contribution in [1.82, 2.24) is 14.5 Å². The van der Waals surface area contributed by atoms with Crippen molar-refractivity contribution in [1.29, 1.82) is 0 Å². The van der Waals surface area contributed by atoms with Gasteiger partial charge in [0.25, 0.3) is 0 Å². The lowest BCUT2D eigenvalue weighted by Gasteiger charge is -2.34. The molecule has 1 aromatic rings. The van der Waals surface area contributed by atoms with Gasteiger partial charge in [0.05, 0.1) is 4.90 Å². The molecule has 6 heteroatoms. The zero-order valence-electron chi connectivity index (χ0n) is 12.5. The van der Waals surface area contributed by atoms with Gasteiger partial charge >= 0.3 is 0 Å². The Morgan fingerprint density at radius 1 is 1.19 bits per heavy atom. The molecular formula is C15H23N3O2S. The third-order valence-electron chi connectivity index (χ3n) is 4.49. The second kappa shape index (κ2) is 6.04. The van der Waals surface area contributed by atoms with E-state index in [2.05, 4.69) is 17.1 Å². The first-order chi connectivity index (χ1) is 10.1.